The first kappa shape index (κ1) is 16.4. The summed E-state index contributed by atoms with van der Waals surface area (Å²) in [6.07, 6.45) is 11.7. The second-order valence-electron chi connectivity index (χ2n) is 9.27. The molecule has 4 aliphatic rings. The Bertz CT molecular complexity index is 1000. The fourth-order valence-corrected chi connectivity index (χ4v) is 6.49. The molecular weight excluding hydrogens is 346 g/mol. The van der Waals surface area contributed by atoms with E-state index in [4.69, 9.17) is 9.97 Å². The lowest BCUT2D eigenvalue weighted by Gasteiger charge is -2.55. The van der Waals surface area contributed by atoms with Crippen molar-refractivity contribution in [1.29, 1.82) is 0 Å². The van der Waals surface area contributed by atoms with Crippen molar-refractivity contribution in [3.05, 3.63) is 54.4 Å². The van der Waals surface area contributed by atoms with E-state index in [0.29, 0.717) is 0 Å². The predicted molar refractivity (Wildman–Crippen MR) is 107 cm³/mol. The Morgan fingerprint density at radius 2 is 1.71 bits per heavy atom. The van der Waals surface area contributed by atoms with Crippen LogP contribution >= 0.6 is 0 Å². The molecule has 4 fully saturated rings. The fourth-order valence-electron chi connectivity index (χ4n) is 6.49. The quantitative estimate of drug-likeness (QED) is 0.680. The maximum Gasteiger partial charge on any atom is 0.163 e. The molecule has 5 heteroatoms. The van der Waals surface area contributed by atoms with Crippen LogP contribution < -0.4 is 0 Å². The van der Waals surface area contributed by atoms with Crippen LogP contribution in [0.2, 0.25) is 0 Å². The second-order valence-corrected chi connectivity index (χ2v) is 9.27. The van der Waals surface area contributed by atoms with Crippen LogP contribution in [-0.4, -0.2) is 24.7 Å². The molecule has 0 saturated heterocycles. The zero-order valence-electron chi connectivity index (χ0n) is 16.3. The highest BCUT2D eigenvalue weighted by Gasteiger charge is 2.53. The molecule has 4 bridgehead atoms. The fraction of sp³-hybridized carbons (Fsp3) is 0.478. The highest BCUT2D eigenvalue weighted by molar-refractivity contribution is 5.59. The first-order valence-corrected chi connectivity index (χ1v) is 10.5. The third-order valence-electron chi connectivity index (χ3n) is 7.27. The molecule has 4 aliphatic carbocycles. The predicted octanol–water partition coefficient (Wildman–Crippen LogP) is 4.50. The molecule has 3 aromatic rings. The summed E-state index contributed by atoms with van der Waals surface area (Å²) in [6, 6.07) is 10.4. The lowest BCUT2D eigenvalue weighted by Crippen LogP contribution is -2.49. The van der Waals surface area contributed by atoms with Gasteiger partial charge in [0, 0.05) is 22.9 Å². The van der Waals surface area contributed by atoms with Gasteiger partial charge in [0.05, 0.1) is 5.69 Å². The number of rotatable bonds is 3. The van der Waals surface area contributed by atoms with Crippen LogP contribution in [0.15, 0.2) is 42.9 Å². The maximum atomic E-state index is 5.03. The molecule has 7 rings (SSSR count). The van der Waals surface area contributed by atoms with Crippen LogP contribution in [0.4, 0.5) is 0 Å². The summed E-state index contributed by atoms with van der Waals surface area (Å²) < 4.78 is 1.95. The molecule has 0 unspecified atom stereocenters. The summed E-state index contributed by atoms with van der Waals surface area (Å²) >= 11 is 0. The van der Waals surface area contributed by atoms with E-state index in [9.17, 15) is 0 Å². The highest BCUT2D eigenvalue weighted by atomic mass is 15.3. The molecule has 2 heterocycles. The zero-order chi connectivity index (χ0) is 18.7. The van der Waals surface area contributed by atoms with Crippen molar-refractivity contribution in [3.63, 3.8) is 0 Å². The van der Waals surface area contributed by atoms with Gasteiger partial charge >= 0.3 is 0 Å². The molecule has 28 heavy (non-hydrogen) atoms. The topological polar surface area (TPSA) is 56.5 Å². The summed E-state index contributed by atoms with van der Waals surface area (Å²) in [5, 5.41) is 4.43. The molecule has 0 amide bonds. The van der Waals surface area contributed by atoms with E-state index < -0.39 is 0 Å². The van der Waals surface area contributed by atoms with Crippen LogP contribution in [0.1, 0.15) is 50.0 Å². The maximum absolute atomic E-state index is 5.03. The number of aryl methyl sites for hydroxylation is 1. The first-order valence-electron chi connectivity index (χ1n) is 10.5. The van der Waals surface area contributed by atoms with Gasteiger partial charge < -0.3 is 0 Å². The van der Waals surface area contributed by atoms with Crippen molar-refractivity contribution in [1.82, 2.24) is 24.7 Å². The first-order chi connectivity index (χ1) is 13.7. The summed E-state index contributed by atoms with van der Waals surface area (Å²) in [6.45, 7) is 2.06. The van der Waals surface area contributed by atoms with Gasteiger partial charge in [-0.2, -0.15) is 5.10 Å². The molecule has 142 valence electrons. The largest absolute Gasteiger partial charge is 0.238 e. The van der Waals surface area contributed by atoms with Crippen LogP contribution in [0.25, 0.3) is 17.1 Å². The van der Waals surface area contributed by atoms with Gasteiger partial charge in [0.25, 0.3) is 0 Å². The number of hydrogen-bond acceptors (Lipinski definition) is 4. The van der Waals surface area contributed by atoms with Gasteiger partial charge in [0.2, 0.25) is 0 Å². The van der Waals surface area contributed by atoms with Gasteiger partial charge in [-0.15, -0.1) is 0 Å². The monoisotopic (exact) mass is 371 g/mol. The molecule has 2 aromatic heterocycles. The van der Waals surface area contributed by atoms with Crippen molar-refractivity contribution >= 4 is 0 Å². The minimum Gasteiger partial charge on any atom is -0.238 e. The molecule has 0 N–H and O–H groups in total. The van der Waals surface area contributed by atoms with E-state index in [2.05, 4.69) is 41.3 Å². The number of nitrogens with zero attached hydrogens (tertiary/aromatic N) is 5. The zero-order valence-corrected chi connectivity index (χ0v) is 16.3. The molecule has 0 atom stereocenters. The van der Waals surface area contributed by atoms with Crippen LogP contribution in [-0.2, 0) is 5.41 Å². The Morgan fingerprint density at radius 3 is 2.39 bits per heavy atom. The molecule has 0 radical (unpaired) electrons. The minimum absolute atomic E-state index is 0.197. The highest BCUT2D eigenvalue weighted by Crippen LogP contribution is 2.60. The SMILES string of the molecule is Cc1ccnn1-c1cccc(-c2ncnc(C34CC5CC(CC(C5)C3)C4)n2)c1. The van der Waals surface area contributed by atoms with Crippen LogP contribution in [0.5, 0.6) is 0 Å². The molecule has 0 aliphatic heterocycles. The normalized spacial score (nSPS) is 30.7. The van der Waals surface area contributed by atoms with Gasteiger partial charge in [-0.25, -0.2) is 19.6 Å². The number of hydrogen-bond donors (Lipinski definition) is 0. The van der Waals surface area contributed by atoms with E-state index in [1.807, 2.05) is 16.9 Å². The molecule has 4 saturated carbocycles. The summed E-state index contributed by atoms with van der Waals surface area (Å²) in [7, 11) is 0. The number of benzene rings is 1. The van der Waals surface area contributed by atoms with Gasteiger partial charge in [0.1, 0.15) is 12.2 Å². The van der Waals surface area contributed by atoms with E-state index in [1.54, 1.807) is 6.33 Å². The smallest absolute Gasteiger partial charge is 0.163 e. The van der Waals surface area contributed by atoms with Crippen molar-refractivity contribution in [2.75, 3.05) is 0 Å². The van der Waals surface area contributed by atoms with E-state index in [1.165, 1.54) is 38.5 Å². The van der Waals surface area contributed by atoms with Crippen molar-refractivity contribution < 1.29 is 0 Å². The van der Waals surface area contributed by atoms with Crippen molar-refractivity contribution in [2.45, 2.75) is 50.9 Å². The molecular formula is C23H25N5. The molecule has 0 spiro atoms. The van der Waals surface area contributed by atoms with E-state index in [-0.39, 0.29) is 5.41 Å². The van der Waals surface area contributed by atoms with Crippen LogP contribution in [0.3, 0.4) is 0 Å². The Morgan fingerprint density at radius 1 is 0.964 bits per heavy atom. The Kier molecular flexibility index (Phi) is 3.49. The number of aromatic nitrogens is 5. The Balaban J connectivity index is 1.38. The lowest BCUT2D eigenvalue weighted by molar-refractivity contribution is -0.00944. The van der Waals surface area contributed by atoms with Crippen LogP contribution in [0, 0.1) is 24.7 Å². The van der Waals surface area contributed by atoms with Crippen molar-refractivity contribution in [2.24, 2.45) is 17.8 Å². The average molecular weight is 371 g/mol. The summed E-state index contributed by atoms with van der Waals surface area (Å²) in [4.78, 5) is 14.3. The minimum atomic E-state index is 0.197. The third-order valence-corrected chi connectivity index (χ3v) is 7.27. The van der Waals surface area contributed by atoms with Gasteiger partial charge in [-0.05, 0) is 81.4 Å². The van der Waals surface area contributed by atoms with Gasteiger partial charge in [0.15, 0.2) is 5.82 Å². The van der Waals surface area contributed by atoms with E-state index in [0.717, 1.165) is 46.3 Å². The van der Waals surface area contributed by atoms with Crippen molar-refractivity contribution in [3.8, 4) is 17.1 Å². The van der Waals surface area contributed by atoms with Gasteiger partial charge in [-0.3, -0.25) is 0 Å². The molecule has 1 aromatic carbocycles. The second kappa shape index (κ2) is 5.97. The van der Waals surface area contributed by atoms with E-state index >= 15 is 0 Å². The Labute approximate surface area is 165 Å². The average Bonchev–Trinajstić information content (AvgIpc) is 3.13. The third kappa shape index (κ3) is 2.52. The Hall–Kier alpha value is -2.56. The summed E-state index contributed by atoms with van der Waals surface area (Å²) in [5.41, 5.74) is 3.38. The van der Waals surface area contributed by atoms with Gasteiger partial charge in [-0.1, -0.05) is 12.1 Å². The molecule has 5 nitrogen and oxygen atoms in total. The standard InChI is InChI=1S/C23H25N5/c1-15-5-6-26-28(15)20-4-2-3-19(10-20)21-24-14-25-22(27-21)23-11-16-7-17(12-23)9-18(8-16)13-23/h2-6,10,14,16-18H,7-9,11-13H2,1H3. The lowest BCUT2D eigenvalue weighted by atomic mass is 9.49. The summed E-state index contributed by atoms with van der Waals surface area (Å²) in [5.74, 6) is 4.48.